The SMILES string of the molecule is CC[C@@H](C)N(C(=O)CN(C)CC(=O)Nc1ccc(Br)cc1C)[C@H](C)CC. The fraction of sp³-hybridized carbons (Fsp3) is 0.600. The molecule has 146 valence electrons. The number of amides is 2. The molecule has 0 saturated carbocycles. The van der Waals surface area contributed by atoms with Crippen molar-refractivity contribution in [3.05, 3.63) is 28.2 Å². The molecule has 0 aliphatic rings. The van der Waals surface area contributed by atoms with Crippen molar-refractivity contribution in [3.8, 4) is 0 Å². The molecule has 1 rings (SSSR count). The zero-order valence-corrected chi connectivity index (χ0v) is 18.4. The molecule has 0 spiro atoms. The molecule has 0 radical (unpaired) electrons. The molecule has 26 heavy (non-hydrogen) atoms. The van der Waals surface area contributed by atoms with Gasteiger partial charge in [0.1, 0.15) is 0 Å². The van der Waals surface area contributed by atoms with Gasteiger partial charge in [-0.2, -0.15) is 0 Å². The molecule has 1 aromatic rings. The summed E-state index contributed by atoms with van der Waals surface area (Å²) in [7, 11) is 1.80. The number of likely N-dealkylation sites (N-methyl/N-ethyl adjacent to an activating group) is 1. The maximum absolute atomic E-state index is 12.7. The summed E-state index contributed by atoms with van der Waals surface area (Å²) in [5.41, 5.74) is 1.78. The van der Waals surface area contributed by atoms with E-state index >= 15 is 0 Å². The molecule has 1 aromatic carbocycles. The molecule has 0 heterocycles. The van der Waals surface area contributed by atoms with E-state index in [0.29, 0.717) is 0 Å². The van der Waals surface area contributed by atoms with Gasteiger partial charge >= 0.3 is 0 Å². The Bertz CT molecular complexity index is 611. The average molecular weight is 426 g/mol. The van der Waals surface area contributed by atoms with Crippen LogP contribution in [0.3, 0.4) is 0 Å². The van der Waals surface area contributed by atoms with Crippen LogP contribution in [-0.2, 0) is 9.59 Å². The lowest BCUT2D eigenvalue weighted by atomic mass is 10.1. The summed E-state index contributed by atoms with van der Waals surface area (Å²) < 4.78 is 0.978. The Balaban J connectivity index is 2.64. The van der Waals surface area contributed by atoms with Crippen molar-refractivity contribution in [1.82, 2.24) is 9.80 Å². The summed E-state index contributed by atoms with van der Waals surface area (Å²) >= 11 is 3.42. The highest BCUT2D eigenvalue weighted by Gasteiger charge is 2.24. The molecule has 0 saturated heterocycles. The van der Waals surface area contributed by atoms with E-state index in [9.17, 15) is 9.59 Å². The fourth-order valence-corrected chi connectivity index (χ4v) is 3.37. The number of rotatable bonds is 9. The molecule has 0 fully saturated rings. The van der Waals surface area contributed by atoms with Gasteiger partial charge in [0, 0.05) is 22.2 Å². The summed E-state index contributed by atoms with van der Waals surface area (Å²) in [4.78, 5) is 28.8. The number of carbonyl (C=O) groups is 2. The normalized spacial score (nSPS) is 13.4. The summed E-state index contributed by atoms with van der Waals surface area (Å²) in [6, 6.07) is 6.12. The van der Waals surface area contributed by atoms with Crippen molar-refractivity contribution < 1.29 is 9.59 Å². The van der Waals surface area contributed by atoms with Crippen LogP contribution in [0, 0.1) is 6.92 Å². The minimum Gasteiger partial charge on any atom is -0.336 e. The highest BCUT2D eigenvalue weighted by Crippen LogP contribution is 2.20. The second-order valence-electron chi connectivity index (χ2n) is 7.00. The van der Waals surface area contributed by atoms with E-state index in [1.165, 1.54) is 0 Å². The second kappa shape index (κ2) is 10.7. The molecule has 0 bridgehead atoms. The molecule has 0 aromatic heterocycles. The largest absolute Gasteiger partial charge is 0.336 e. The van der Waals surface area contributed by atoms with Crippen LogP contribution in [0.15, 0.2) is 22.7 Å². The molecule has 6 heteroatoms. The number of nitrogens with one attached hydrogen (secondary N) is 1. The maximum atomic E-state index is 12.7. The van der Waals surface area contributed by atoms with Crippen molar-refractivity contribution >= 4 is 33.4 Å². The number of anilines is 1. The Hall–Kier alpha value is -1.40. The molecule has 0 aliphatic heterocycles. The zero-order chi connectivity index (χ0) is 19.9. The third-order valence-corrected chi connectivity index (χ3v) is 5.19. The van der Waals surface area contributed by atoms with E-state index in [-0.39, 0.29) is 37.0 Å². The van der Waals surface area contributed by atoms with E-state index in [2.05, 4.69) is 48.9 Å². The van der Waals surface area contributed by atoms with Gasteiger partial charge in [0.2, 0.25) is 11.8 Å². The summed E-state index contributed by atoms with van der Waals surface area (Å²) in [5, 5.41) is 2.91. The quantitative estimate of drug-likeness (QED) is 0.648. The van der Waals surface area contributed by atoms with Crippen molar-refractivity contribution in [2.45, 2.75) is 59.5 Å². The number of aryl methyl sites for hydroxylation is 1. The van der Waals surface area contributed by atoms with E-state index in [0.717, 1.165) is 28.6 Å². The van der Waals surface area contributed by atoms with Gasteiger partial charge in [0.25, 0.3) is 0 Å². The lowest BCUT2D eigenvalue weighted by Gasteiger charge is -2.35. The summed E-state index contributed by atoms with van der Waals surface area (Å²) in [6.45, 7) is 10.7. The van der Waals surface area contributed by atoms with E-state index < -0.39 is 0 Å². The van der Waals surface area contributed by atoms with Crippen LogP contribution in [-0.4, -0.2) is 53.8 Å². The van der Waals surface area contributed by atoms with E-state index in [1.54, 1.807) is 11.9 Å². The first kappa shape index (κ1) is 22.6. The predicted octanol–water partition coefficient (Wildman–Crippen LogP) is 4.05. The fourth-order valence-electron chi connectivity index (χ4n) is 2.89. The van der Waals surface area contributed by atoms with Crippen LogP contribution in [0.1, 0.15) is 46.1 Å². The van der Waals surface area contributed by atoms with E-state index in [4.69, 9.17) is 0 Å². The molecule has 0 aliphatic carbocycles. The molecule has 5 nitrogen and oxygen atoms in total. The predicted molar refractivity (Wildman–Crippen MR) is 111 cm³/mol. The van der Waals surface area contributed by atoms with Crippen molar-refractivity contribution in [3.63, 3.8) is 0 Å². The van der Waals surface area contributed by atoms with Crippen molar-refractivity contribution in [2.75, 3.05) is 25.5 Å². The van der Waals surface area contributed by atoms with Gasteiger partial charge in [0.05, 0.1) is 13.1 Å². The minimum atomic E-state index is -0.121. The highest BCUT2D eigenvalue weighted by molar-refractivity contribution is 9.10. The number of nitrogens with zero attached hydrogens (tertiary/aromatic N) is 2. The first-order valence-electron chi connectivity index (χ1n) is 9.25. The van der Waals surface area contributed by atoms with Gasteiger partial charge in [-0.15, -0.1) is 0 Å². The number of halogens is 1. The van der Waals surface area contributed by atoms with Gasteiger partial charge in [0.15, 0.2) is 0 Å². The third-order valence-electron chi connectivity index (χ3n) is 4.70. The highest BCUT2D eigenvalue weighted by atomic mass is 79.9. The van der Waals surface area contributed by atoms with Crippen LogP contribution in [0.4, 0.5) is 5.69 Å². The molecule has 1 N–H and O–H groups in total. The smallest absolute Gasteiger partial charge is 0.238 e. The summed E-state index contributed by atoms with van der Waals surface area (Å²) in [5.74, 6) is -0.0480. The Morgan fingerprint density at radius 1 is 1.12 bits per heavy atom. The topological polar surface area (TPSA) is 52.7 Å². The van der Waals surface area contributed by atoms with Gasteiger partial charge in [-0.1, -0.05) is 29.8 Å². The summed E-state index contributed by atoms with van der Waals surface area (Å²) in [6.07, 6.45) is 1.84. The lowest BCUT2D eigenvalue weighted by molar-refractivity contribution is -0.136. The first-order chi connectivity index (χ1) is 12.2. The number of hydrogen-bond donors (Lipinski definition) is 1. The second-order valence-corrected chi connectivity index (χ2v) is 7.91. The van der Waals surface area contributed by atoms with Crippen LogP contribution in [0.2, 0.25) is 0 Å². The van der Waals surface area contributed by atoms with Gasteiger partial charge in [-0.25, -0.2) is 0 Å². The number of carbonyl (C=O) groups excluding carboxylic acids is 2. The van der Waals surface area contributed by atoms with Crippen molar-refractivity contribution in [1.29, 1.82) is 0 Å². The van der Waals surface area contributed by atoms with Gasteiger partial charge in [-0.05, 0) is 64.4 Å². The van der Waals surface area contributed by atoms with E-state index in [1.807, 2.05) is 30.0 Å². The average Bonchev–Trinajstić information content (AvgIpc) is 2.56. The Kier molecular flexibility index (Phi) is 9.30. The van der Waals surface area contributed by atoms with Crippen LogP contribution < -0.4 is 5.32 Å². The first-order valence-corrected chi connectivity index (χ1v) is 10.0. The van der Waals surface area contributed by atoms with Crippen molar-refractivity contribution in [2.24, 2.45) is 0 Å². The molecular weight excluding hydrogens is 394 g/mol. The molecule has 2 atom stereocenters. The van der Waals surface area contributed by atoms with Gasteiger partial charge < -0.3 is 10.2 Å². The van der Waals surface area contributed by atoms with Crippen LogP contribution in [0.25, 0.3) is 0 Å². The zero-order valence-electron chi connectivity index (χ0n) is 16.8. The Morgan fingerprint density at radius 3 is 2.19 bits per heavy atom. The maximum Gasteiger partial charge on any atom is 0.238 e. The standard InChI is InChI=1S/C20H32BrN3O2/c1-7-15(4)24(16(5)8-2)20(26)13-23(6)12-19(25)22-18-10-9-17(21)11-14(18)3/h9-11,15-16H,7-8,12-13H2,1-6H3,(H,22,25)/t15-,16-/m1/s1. The number of benzene rings is 1. The molecule has 2 amide bonds. The van der Waals surface area contributed by atoms with Crippen LogP contribution >= 0.6 is 15.9 Å². The Morgan fingerprint density at radius 2 is 1.69 bits per heavy atom. The third kappa shape index (κ3) is 6.72. The van der Waals surface area contributed by atoms with Crippen LogP contribution in [0.5, 0.6) is 0 Å². The molecule has 0 unspecified atom stereocenters. The minimum absolute atomic E-state index is 0.0730. The Labute approximate surface area is 166 Å². The van der Waals surface area contributed by atoms with Gasteiger partial charge in [-0.3, -0.25) is 14.5 Å². The molecular formula is C20H32BrN3O2. The number of hydrogen-bond acceptors (Lipinski definition) is 3. The lowest BCUT2D eigenvalue weighted by Crippen LogP contribution is -2.49. The monoisotopic (exact) mass is 425 g/mol.